The number of nitro groups is 1. The summed E-state index contributed by atoms with van der Waals surface area (Å²) < 4.78 is 0. The average molecular weight is 289 g/mol. The highest BCUT2D eigenvalue weighted by molar-refractivity contribution is 5.85. The summed E-state index contributed by atoms with van der Waals surface area (Å²) in [5.41, 5.74) is 5.81. The van der Waals surface area contributed by atoms with Crippen molar-refractivity contribution in [1.29, 1.82) is 0 Å². The summed E-state index contributed by atoms with van der Waals surface area (Å²) in [5, 5.41) is 16.2. The number of carbonyl (C=O) groups excluding carboxylic acids is 1. The summed E-state index contributed by atoms with van der Waals surface area (Å²) in [5.74, 6) is -0.251. The Morgan fingerprint density at radius 3 is 2.63 bits per heavy atom. The van der Waals surface area contributed by atoms with Crippen molar-refractivity contribution in [3.05, 3.63) is 34.4 Å². The van der Waals surface area contributed by atoms with Gasteiger partial charge in [0.15, 0.2) is 0 Å². The van der Waals surface area contributed by atoms with Crippen molar-refractivity contribution >= 4 is 29.7 Å². The highest BCUT2D eigenvalue weighted by atomic mass is 35.5. The fourth-order valence-electron chi connectivity index (χ4n) is 1.33. The molecule has 8 heteroatoms. The van der Waals surface area contributed by atoms with Crippen LogP contribution in [-0.4, -0.2) is 30.0 Å². The van der Waals surface area contributed by atoms with E-state index < -0.39 is 11.0 Å². The van der Waals surface area contributed by atoms with E-state index in [1.807, 2.05) is 0 Å². The molecule has 1 amide bonds. The van der Waals surface area contributed by atoms with Crippen LogP contribution in [0.15, 0.2) is 24.3 Å². The Balaban J connectivity index is 0.00000324. The number of benzene rings is 1. The van der Waals surface area contributed by atoms with E-state index in [0.29, 0.717) is 18.8 Å². The van der Waals surface area contributed by atoms with Crippen molar-refractivity contribution in [3.63, 3.8) is 0 Å². The molecule has 106 valence electrons. The van der Waals surface area contributed by atoms with Gasteiger partial charge < -0.3 is 16.4 Å². The third kappa shape index (κ3) is 5.54. The van der Waals surface area contributed by atoms with Gasteiger partial charge in [0.25, 0.3) is 5.69 Å². The first-order valence-corrected chi connectivity index (χ1v) is 5.53. The first-order chi connectivity index (χ1) is 8.52. The van der Waals surface area contributed by atoms with E-state index in [0.717, 1.165) is 0 Å². The van der Waals surface area contributed by atoms with Gasteiger partial charge in [-0.15, -0.1) is 12.4 Å². The molecule has 0 aliphatic heterocycles. The molecule has 1 atom stereocenters. The summed E-state index contributed by atoms with van der Waals surface area (Å²) in [6.45, 7) is 2.33. The van der Waals surface area contributed by atoms with Gasteiger partial charge in [0.05, 0.1) is 11.0 Å². The Labute approximate surface area is 117 Å². The zero-order valence-electron chi connectivity index (χ0n) is 10.5. The molecule has 0 bridgehead atoms. The maximum atomic E-state index is 11.2. The zero-order chi connectivity index (χ0) is 13.5. The maximum absolute atomic E-state index is 11.2. The predicted octanol–water partition coefficient (Wildman–Crippen LogP) is 0.892. The number of amides is 1. The van der Waals surface area contributed by atoms with E-state index in [9.17, 15) is 14.9 Å². The standard InChI is InChI=1S/C11H16N4O3.ClH/c1-8(12)11(16)14-7-6-13-9-4-2-3-5-10(9)15(17)18;/h2-5,8,13H,6-7,12H2,1H3,(H,14,16);1H/t8-;/m0./s1. The van der Waals surface area contributed by atoms with E-state index in [4.69, 9.17) is 5.73 Å². The van der Waals surface area contributed by atoms with Crippen LogP contribution in [0.25, 0.3) is 0 Å². The normalized spacial score (nSPS) is 11.1. The minimum Gasteiger partial charge on any atom is -0.378 e. The van der Waals surface area contributed by atoms with Crippen molar-refractivity contribution in [2.75, 3.05) is 18.4 Å². The molecule has 1 aromatic rings. The lowest BCUT2D eigenvalue weighted by atomic mass is 10.2. The quantitative estimate of drug-likeness (QED) is 0.409. The van der Waals surface area contributed by atoms with Gasteiger partial charge in [-0.25, -0.2) is 0 Å². The molecule has 0 fully saturated rings. The number of carbonyl (C=O) groups is 1. The van der Waals surface area contributed by atoms with Gasteiger partial charge in [0, 0.05) is 19.2 Å². The van der Waals surface area contributed by atoms with Gasteiger partial charge in [0.2, 0.25) is 5.91 Å². The van der Waals surface area contributed by atoms with Crippen LogP contribution < -0.4 is 16.4 Å². The topological polar surface area (TPSA) is 110 Å². The number of rotatable bonds is 6. The molecule has 0 aliphatic rings. The third-order valence-electron chi connectivity index (χ3n) is 2.25. The number of nitrogens with zero attached hydrogens (tertiary/aromatic N) is 1. The molecule has 0 heterocycles. The molecule has 4 N–H and O–H groups in total. The van der Waals surface area contributed by atoms with E-state index >= 15 is 0 Å². The molecular formula is C11H17ClN4O3. The molecule has 1 rings (SSSR count). The fraction of sp³-hybridized carbons (Fsp3) is 0.364. The summed E-state index contributed by atoms with van der Waals surface area (Å²) >= 11 is 0. The van der Waals surface area contributed by atoms with E-state index in [-0.39, 0.29) is 24.0 Å². The Kier molecular flexibility index (Phi) is 7.47. The molecular weight excluding hydrogens is 272 g/mol. The SMILES string of the molecule is C[C@H](N)C(=O)NCCNc1ccccc1[N+](=O)[O-].Cl. The Morgan fingerprint density at radius 2 is 2.05 bits per heavy atom. The van der Waals surface area contributed by atoms with Crippen LogP contribution in [0.5, 0.6) is 0 Å². The summed E-state index contributed by atoms with van der Waals surface area (Å²) in [6, 6.07) is 5.78. The highest BCUT2D eigenvalue weighted by Gasteiger charge is 2.11. The first kappa shape index (κ1) is 17.1. The zero-order valence-corrected chi connectivity index (χ0v) is 11.3. The van der Waals surface area contributed by atoms with Crippen LogP contribution in [-0.2, 0) is 4.79 Å². The van der Waals surface area contributed by atoms with Crippen molar-refractivity contribution in [3.8, 4) is 0 Å². The second-order valence-corrected chi connectivity index (χ2v) is 3.78. The molecule has 0 aromatic heterocycles. The molecule has 19 heavy (non-hydrogen) atoms. The van der Waals surface area contributed by atoms with Crippen LogP contribution in [0.4, 0.5) is 11.4 Å². The third-order valence-corrected chi connectivity index (χ3v) is 2.25. The van der Waals surface area contributed by atoms with Gasteiger partial charge in [-0.3, -0.25) is 14.9 Å². The van der Waals surface area contributed by atoms with Gasteiger partial charge in [-0.1, -0.05) is 12.1 Å². The molecule has 0 radical (unpaired) electrons. The first-order valence-electron chi connectivity index (χ1n) is 5.53. The maximum Gasteiger partial charge on any atom is 0.292 e. The van der Waals surface area contributed by atoms with Crippen molar-refractivity contribution in [2.24, 2.45) is 5.73 Å². The minimum atomic E-state index is -0.559. The van der Waals surface area contributed by atoms with Crippen LogP contribution in [0, 0.1) is 10.1 Å². The number of hydrogen-bond donors (Lipinski definition) is 3. The van der Waals surface area contributed by atoms with Gasteiger partial charge in [0.1, 0.15) is 5.69 Å². The molecule has 1 aromatic carbocycles. The van der Waals surface area contributed by atoms with Gasteiger partial charge >= 0.3 is 0 Å². The largest absolute Gasteiger partial charge is 0.378 e. The van der Waals surface area contributed by atoms with E-state index in [1.54, 1.807) is 25.1 Å². The summed E-state index contributed by atoms with van der Waals surface area (Å²) in [6.07, 6.45) is 0. The van der Waals surface area contributed by atoms with Crippen LogP contribution in [0.2, 0.25) is 0 Å². The van der Waals surface area contributed by atoms with Crippen molar-refractivity contribution < 1.29 is 9.72 Å². The number of halogens is 1. The lowest BCUT2D eigenvalue weighted by Gasteiger charge is -2.09. The second-order valence-electron chi connectivity index (χ2n) is 3.78. The highest BCUT2D eigenvalue weighted by Crippen LogP contribution is 2.22. The molecule has 0 unspecified atom stereocenters. The number of nitrogens with two attached hydrogens (primary N) is 1. The van der Waals surface area contributed by atoms with Crippen molar-refractivity contribution in [2.45, 2.75) is 13.0 Å². The van der Waals surface area contributed by atoms with Crippen molar-refractivity contribution in [1.82, 2.24) is 5.32 Å². The average Bonchev–Trinajstić information content (AvgIpc) is 2.34. The molecule has 0 saturated carbocycles. The molecule has 0 spiro atoms. The van der Waals surface area contributed by atoms with E-state index in [2.05, 4.69) is 10.6 Å². The van der Waals surface area contributed by atoms with Crippen LogP contribution >= 0.6 is 12.4 Å². The lowest BCUT2D eigenvalue weighted by Crippen LogP contribution is -2.40. The smallest absolute Gasteiger partial charge is 0.292 e. The number of hydrogen-bond acceptors (Lipinski definition) is 5. The number of nitro benzene ring substituents is 1. The number of anilines is 1. The minimum absolute atomic E-state index is 0. The van der Waals surface area contributed by atoms with Crippen LogP contribution in [0.3, 0.4) is 0 Å². The summed E-state index contributed by atoms with van der Waals surface area (Å²) in [4.78, 5) is 21.4. The van der Waals surface area contributed by atoms with Gasteiger partial charge in [-0.2, -0.15) is 0 Å². The lowest BCUT2D eigenvalue weighted by molar-refractivity contribution is -0.384. The molecule has 0 saturated heterocycles. The predicted molar refractivity (Wildman–Crippen MR) is 75.5 cm³/mol. The van der Waals surface area contributed by atoms with E-state index in [1.165, 1.54) is 6.07 Å². The Bertz CT molecular complexity index is 440. The molecule has 7 nitrogen and oxygen atoms in total. The molecule has 0 aliphatic carbocycles. The van der Waals surface area contributed by atoms with Gasteiger partial charge in [-0.05, 0) is 13.0 Å². The Morgan fingerprint density at radius 1 is 1.42 bits per heavy atom. The second kappa shape index (κ2) is 8.28. The van der Waals surface area contributed by atoms with Crippen LogP contribution in [0.1, 0.15) is 6.92 Å². The monoisotopic (exact) mass is 288 g/mol. The number of para-hydroxylation sites is 2. The Hall–Kier alpha value is -1.86. The number of nitrogens with one attached hydrogen (secondary N) is 2. The fourth-order valence-corrected chi connectivity index (χ4v) is 1.33. The summed E-state index contributed by atoms with van der Waals surface area (Å²) in [7, 11) is 0.